The summed E-state index contributed by atoms with van der Waals surface area (Å²) in [6, 6.07) is 2.65. The number of allylic oxidation sites excluding steroid dienone is 2. The average molecular weight is 330 g/mol. The van der Waals surface area contributed by atoms with Gasteiger partial charge in [-0.1, -0.05) is 70.9 Å². The van der Waals surface area contributed by atoms with Gasteiger partial charge in [0.25, 0.3) is 0 Å². The normalized spacial score (nSPS) is 34.3. The van der Waals surface area contributed by atoms with Gasteiger partial charge in [0.2, 0.25) is 0 Å². The first-order valence-electron chi connectivity index (χ1n) is 10.8. The fraction of sp³-hybridized carbons (Fsp3) is 0.870. The minimum absolute atomic E-state index is 0.136. The zero-order chi connectivity index (χ0) is 17.3. The Morgan fingerprint density at radius 2 is 1.58 bits per heavy atom. The molecule has 24 heavy (non-hydrogen) atoms. The molecule has 2 aliphatic rings. The lowest BCUT2D eigenvalue weighted by Crippen LogP contribution is -2.30. The van der Waals surface area contributed by atoms with E-state index in [4.69, 9.17) is 0 Å². The summed E-state index contributed by atoms with van der Waals surface area (Å²) < 4.78 is 0. The van der Waals surface area contributed by atoms with E-state index in [1.165, 1.54) is 70.6 Å². The molecule has 0 aromatic carbocycles. The molecule has 0 atom stereocenters. The molecule has 2 saturated carbocycles. The molecule has 0 unspecified atom stereocenters. The molecule has 136 valence electrons. The van der Waals surface area contributed by atoms with Gasteiger partial charge < -0.3 is 0 Å². The first-order chi connectivity index (χ1) is 11.7. The second kappa shape index (κ2) is 10.3. The first-order valence-corrected chi connectivity index (χ1v) is 10.8. The van der Waals surface area contributed by atoms with Crippen molar-refractivity contribution in [2.75, 3.05) is 0 Å². The van der Waals surface area contributed by atoms with Gasteiger partial charge in [0.1, 0.15) is 0 Å². The van der Waals surface area contributed by atoms with Crippen molar-refractivity contribution in [3.8, 4) is 6.07 Å². The lowest BCUT2D eigenvalue weighted by atomic mass is 9.64. The monoisotopic (exact) mass is 329 g/mol. The molecule has 0 spiro atoms. The minimum atomic E-state index is -0.136. The van der Waals surface area contributed by atoms with Crippen molar-refractivity contribution in [1.82, 2.24) is 0 Å². The van der Waals surface area contributed by atoms with Crippen LogP contribution in [0.1, 0.15) is 104 Å². The lowest BCUT2D eigenvalue weighted by Gasteiger charge is -2.39. The summed E-state index contributed by atoms with van der Waals surface area (Å²) in [4.78, 5) is 0. The van der Waals surface area contributed by atoms with Gasteiger partial charge in [-0.15, -0.1) is 0 Å². The van der Waals surface area contributed by atoms with Crippen LogP contribution in [0.4, 0.5) is 0 Å². The van der Waals surface area contributed by atoms with Gasteiger partial charge in [-0.25, -0.2) is 0 Å². The summed E-state index contributed by atoms with van der Waals surface area (Å²) in [7, 11) is 0. The molecular formula is C23H39N. The van der Waals surface area contributed by atoms with Crippen LogP contribution < -0.4 is 0 Å². The van der Waals surface area contributed by atoms with E-state index in [-0.39, 0.29) is 5.41 Å². The Balaban J connectivity index is 1.74. The third kappa shape index (κ3) is 5.65. The van der Waals surface area contributed by atoms with Gasteiger partial charge in [0.15, 0.2) is 0 Å². The number of hydrogen-bond donors (Lipinski definition) is 0. The summed E-state index contributed by atoms with van der Waals surface area (Å²) in [5.74, 6) is 2.89. The van der Waals surface area contributed by atoms with E-state index in [1.807, 2.05) is 0 Å². The maximum Gasteiger partial charge on any atom is 0.0753 e. The van der Waals surface area contributed by atoms with Crippen molar-refractivity contribution in [3.05, 3.63) is 12.2 Å². The quantitative estimate of drug-likeness (QED) is 0.335. The molecule has 0 heterocycles. The molecule has 0 radical (unpaired) electrons. The van der Waals surface area contributed by atoms with Gasteiger partial charge in [0, 0.05) is 0 Å². The third-order valence-corrected chi connectivity index (χ3v) is 6.81. The Labute approximate surface area is 150 Å². The van der Waals surface area contributed by atoms with Gasteiger partial charge in [-0.3, -0.25) is 0 Å². The van der Waals surface area contributed by atoms with E-state index in [2.05, 4.69) is 32.1 Å². The van der Waals surface area contributed by atoms with Crippen molar-refractivity contribution in [3.63, 3.8) is 0 Å². The molecule has 1 nitrogen and oxygen atoms in total. The van der Waals surface area contributed by atoms with Crippen LogP contribution in [0.25, 0.3) is 0 Å². The van der Waals surface area contributed by atoms with Crippen LogP contribution in [0, 0.1) is 34.5 Å². The number of hydrogen-bond acceptors (Lipinski definition) is 1. The van der Waals surface area contributed by atoms with E-state index in [9.17, 15) is 5.26 Å². The largest absolute Gasteiger partial charge is 0.197 e. The summed E-state index contributed by atoms with van der Waals surface area (Å²) in [5.41, 5.74) is -0.136. The lowest BCUT2D eigenvalue weighted by molar-refractivity contribution is 0.136. The van der Waals surface area contributed by atoms with Crippen molar-refractivity contribution in [2.45, 2.75) is 104 Å². The molecular weight excluding hydrogens is 290 g/mol. The van der Waals surface area contributed by atoms with Gasteiger partial charge in [-0.2, -0.15) is 5.26 Å². The molecule has 0 aromatic rings. The Morgan fingerprint density at radius 1 is 0.917 bits per heavy atom. The first kappa shape index (κ1) is 19.6. The molecule has 0 amide bonds. The number of nitriles is 1. The maximum atomic E-state index is 9.67. The topological polar surface area (TPSA) is 23.8 Å². The van der Waals surface area contributed by atoms with Gasteiger partial charge in [-0.05, 0) is 62.7 Å². The smallest absolute Gasteiger partial charge is 0.0753 e. The van der Waals surface area contributed by atoms with E-state index < -0.39 is 0 Å². The number of rotatable bonds is 8. The average Bonchev–Trinajstić information content (AvgIpc) is 2.63. The molecule has 0 saturated heterocycles. The summed E-state index contributed by atoms with van der Waals surface area (Å²) >= 11 is 0. The maximum absolute atomic E-state index is 9.67. The molecule has 2 fully saturated rings. The highest BCUT2D eigenvalue weighted by Gasteiger charge is 2.37. The molecule has 2 rings (SSSR count). The van der Waals surface area contributed by atoms with Crippen LogP contribution in [0.15, 0.2) is 12.2 Å². The van der Waals surface area contributed by atoms with Crippen LogP contribution >= 0.6 is 0 Å². The van der Waals surface area contributed by atoms with Crippen LogP contribution in [0.2, 0.25) is 0 Å². The third-order valence-electron chi connectivity index (χ3n) is 6.81. The minimum Gasteiger partial charge on any atom is -0.197 e. The van der Waals surface area contributed by atoms with Gasteiger partial charge in [0.05, 0.1) is 11.5 Å². The second-order valence-electron chi connectivity index (χ2n) is 8.57. The van der Waals surface area contributed by atoms with E-state index >= 15 is 0 Å². The Morgan fingerprint density at radius 3 is 2.17 bits per heavy atom. The number of unbranched alkanes of at least 4 members (excludes halogenated alkanes) is 3. The van der Waals surface area contributed by atoms with E-state index in [0.29, 0.717) is 0 Å². The Bertz CT molecular complexity index is 400. The summed E-state index contributed by atoms with van der Waals surface area (Å²) in [6.45, 7) is 4.51. The van der Waals surface area contributed by atoms with Crippen LogP contribution in [0.3, 0.4) is 0 Å². The zero-order valence-electron chi connectivity index (χ0n) is 16.2. The number of nitrogens with zero attached hydrogens (tertiary/aromatic N) is 1. The van der Waals surface area contributed by atoms with Crippen molar-refractivity contribution in [1.29, 1.82) is 5.26 Å². The predicted molar refractivity (Wildman–Crippen MR) is 104 cm³/mol. The molecule has 0 aliphatic heterocycles. The van der Waals surface area contributed by atoms with E-state index in [1.54, 1.807) is 0 Å². The molecule has 0 N–H and O–H groups in total. The van der Waals surface area contributed by atoms with Gasteiger partial charge >= 0.3 is 0 Å². The Kier molecular flexibility index (Phi) is 8.37. The SMILES string of the molecule is CCC/C=C\C1(C#N)CCC(C2CCC(CCCCC)CC2)CC1. The highest BCUT2D eigenvalue weighted by Crippen LogP contribution is 2.46. The van der Waals surface area contributed by atoms with Crippen LogP contribution in [-0.4, -0.2) is 0 Å². The molecule has 2 aliphatic carbocycles. The standard InChI is InChI=1S/C23H39N/c1-3-5-7-9-20-10-12-21(13-11-20)22-14-17-23(19-24,18-15-22)16-8-6-4-2/h8,16,20-22H,3-7,9-15,17-18H2,1-2H3/b16-8-. The van der Waals surface area contributed by atoms with E-state index in [0.717, 1.165) is 37.0 Å². The Hall–Kier alpha value is -0.770. The molecule has 1 heteroatoms. The second-order valence-corrected chi connectivity index (χ2v) is 8.57. The van der Waals surface area contributed by atoms with Crippen molar-refractivity contribution in [2.24, 2.45) is 23.2 Å². The summed E-state index contributed by atoms with van der Waals surface area (Å²) in [6.07, 6.45) is 23.2. The van der Waals surface area contributed by atoms with Crippen molar-refractivity contribution < 1.29 is 0 Å². The van der Waals surface area contributed by atoms with Crippen molar-refractivity contribution >= 4 is 0 Å². The highest BCUT2D eigenvalue weighted by molar-refractivity contribution is 5.14. The fourth-order valence-corrected chi connectivity index (χ4v) is 5.05. The van der Waals surface area contributed by atoms with Crippen LogP contribution in [-0.2, 0) is 0 Å². The molecule has 0 bridgehead atoms. The van der Waals surface area contributed by atoms with Crippen LogP contribution in [0.5, 0.6) is 0 Å². The predicted octanol–water partition coefficient (Wildman–Crippen LogP) is 7.43. The zero-order valence-corrected chi connectivity index (χ0v) is 16.2. The molecule has 0 aromatic heterocycles. The highest BCUT2D eigenvalue weighted by atomic mass is 14.4. The summed E-state index contributed by atoms with van der Waals surface area (Å²) in [5, 5.41) is 9.67. The fourth-order valence-electron chi connectivity index (χ4n) is 5.05.